The van der Waals surface area contributed by atoms with E-state index in [0.29, 0.717) is 5.56 Å². The van der Waals surface area contributed by atoms with Gasteiger partial charge in [-0.25, -0.2) is 0 Å². The van der Waals surface area contributed by atoms with Gasteiger partial charge in [0.2, 0.25) is 0 Å². The maximum Gasteiger partial charge on any atom is 0.0991 e. The van der Waals surface area contributed by atoms with E-state index >= 15 is 0 Å². The smallest absolute Gasteiger partial charge is 0.0991 e. The molecule has 2 atom stereocenters. The topological polar surface area (TPSA) is 28.7 Å². The Labute approximate surface area is 246 Å². The summed E-state index contributed by atoms with van der Waals surface area (Å²) in [5.74, 6) is 0.278. The van der Waals surface area contributed by atoms with Crippen molar-refractivity contribution in [2.75, 3.05) is 0 Å². The molecule has 2 aliphatic rings. The van der Waals surface area contributed by atoms with Gasteiger partial charge in [0.15, 0.2) is 0 Å². The molecule has 6 aromatic rings. The van der Waals surface area contributed by atoms with Gasteiger partial charge in [-0.15, -0.1) is 0 Å². The number of aryl methyl sites for hydroxylation is 1. The quantitative estimate of drug-likeness (QED) is 0.221. The van der Waals surface area contributed by atoms with Crippen molar-refractivity contribution in [1.29, 1.82) is 5.26 Å². The molecular weight excluding hydrogens is 508 g/mol. The molecule has 0 spiro atoms. The maximum absolute atomic E-state index is 9.83. The number of aromatic nitrogens is 1. The molecule has 0 amide bonds. The Balaban J connectivity index is 1.49. The standard InChI is InChI=1S/C40H30N2/c1-26-16-19-29(20-17-26)40(35-14-8-6-12-31(35)33-23-28(25-41)18-21-36(33)40)37-24-34-32-13-7-9-15-38(32)42(39(34)22-27(37)2)30-10-4-3-5-11-30/h3-21,23-24,27H,22H2,1-2H3. The van der Waals surface area contributed by atoms with E-state index in [-0.39, 0.29) is 5.92 Å². The average molecular weight is 539 g/mol. The van der Waals surface area contributed by atoms with Crippen LogP contribution in [-0.2, 0) is 11.8 Å². The molecular formula is C40H30N2. The second kappa shape index (κ2) is 9.20. The van der Waals surface area contributed by atoms with Gasteiger partial charge in [-0.3, -0.25) is 0 Å². The van der Waals surface area contributed by atoms with Crippen LogP contribution in [0.5, 0.6) is 0 Å². The van der Waals surface area contributed by atoms with Gasteiger partial charge in [0, 0.05) is 22.3 Å². The second-order valence-electron chi connectivity index (χ2n) is 11.8. The van der Waals surface area contributed by atoms with E-state index in [4.69, 9.17) is 0 Å². The van der Waals surface area contributed by atoms with Gasteiger partial charge >= 0.3 is 0 Å². The first kappa shape index (κ1) is 24.6. The van der Waals surface area contributed by atoms with Gasteiger partial charge in [0.05, 0.1) is 22.6 Å². The third-order valence-electron chi connectivity index (χ3n) is 9.45. The molecule has 2 aliphatic carbocycles. The van der Waals surface area contributed by atoms with Crippen molar-refractivity contribution in [3.8, 4) is 22.9 Å². The van der Waals surface area contributed by atoms with Crippen LogP contribution in [0.3, 0.4) is 0 Å². The number of nitrogens with zero attached hydrogens (tertiary/aromatic N) is 2. The lowest BCUT2D eigenvalue weighted by molar-refractivity contribution is 0.562. The highest BCUT2D eigenvalue weighted by Gasteiger charge is 2.49. The van der Waals surface area contributed by atoms with Gasteiger partial charge in [-0.2, -0.15) is 5.26 Å². The molecule has 5 aromatic carbocycles. The van der Waals surface area contributed by atoms with E-state index in [2.05, 4.69) is 146 Å². The molecule has 0 bridgehead atoms. The summed E-state index contributed by atoms with van der Waals surface area (Å²) in [6.07, 6.45) is 3.45. The van der Waals surface area contributed by atoms with Crippen LogP contribution < -0.4 is 0 Å². The Morgan fingerprint density at radius 1 is 0.762 bits per heavy atom. The van der Waals surface area contributed by atoms with Crippen LogP contribution in [-0.4, -0.2) is 4.57 Å². The van der Waals surface area contributed by atoms with E-state index in [0.717, 1.165) is 12.0 Å². The number of nitriles is 1. The van der Waals surface area contributed by atoms with Gasteiger partial charge in [-0.05, 0) is 83.0 Å². The molecule has 1 aromatic heterocycles. The zero-order valence-electron chi connectivity index (χ0n) is 23.8. The van der Waals surface area contributed by atoms with Crippen LogP contribution in [0.2, 0.25) is 0 Å². The van der Waals surface area contributed by atoms with Crippen molar-refractivity contribution in [3.05, 3.63) is 166 Å². The first-order valence-corrected chi connectivity index (χ1v) is 14.7. The number of para-hydroxylation sites is 2. The first-order chi connectivity index (χ1) is 20.6. The van der Waals surface area contributed by atoms with Crippen molar-refractivity contribution in [2.24, 2.45) is 5.92 Å². The fraction of sp³-hybridized carbons (Fsp3) is 0.125. The summed E-state index contributed by atoms with van der Waals surface area (Å²) in [7, 11) is 0. The summed E-state index contributed by atoms with van der Waals surface area (Å²) in [4.78, 5) is 0. The van der Waals surface area contributed by atoms with Crippen LogP contribution in [0.25, 0.3) is 33.8 Å². The van der Waals surface area contributed by atoms with Crippen molar-refractivity contribution in [3.63, 3.8) is 0 Å². The number of allylic oxidation sites excluding steroid dienone is 1. The highest BCUT2D eigenvalue weighted by atomic mass is 15.0. The van der Waals surface area contributed by atoms with Crippen LogP contribution in [0.15, 0.2) is 127 Å². The van der Waals surface area contributed by atoms with Gasteiger partial charge in [0.1, 0.15) is 0 Å². The molecule has 0 aliphatic heterocycles. The predicted molar refractivity (Wildman–Crippen MR) is 172 cm³/mol. The van der Waals surface area contributed by atoms with E-state index in [9.17, 15) is 5.26 Å². The summed E-state index contributed by atoms with van der Waals surface area (Å²) in [6, 6.07) is 46.2. The summed E-state index contributed by atoms with van der Waals surface area (Å²) in [5, 5.41) is 11.1. The Morgan fingerprint density at radius 2 is 1.48 bits per heavy atom. The number of fused-ring (bicyclic) bond motifs is 6. The summed E-state index contributed by atoms with van der Waals surface area (Å²) in [6.45, 7) is 4.54. The van der Waals surface area contributed by atoms with E-state index in [1.165, 1.54) is 61.2 Å². The molecule has 0 saturated heterocycles. The molecule has 8 rings (SSSR count). The monoisotopic (exact) mass is 538 g/mol. The maximum atomic E-state index is 9.83. The highest BCUT2D eigenvalue weighted by molar-refractivity contribution is 5.96. The Bertz CT molecular complexity index is 2090. The van der Waals surface area contributed by atoms with Gasteiger partial charge in [-0.1, -0.05) is 110 Å². The van der Waals surface area contributed by atoms with E-state index < -0.39 is 5.41 Å². The fourth-order valence-corrected chi connectivity index (χ4v) is 7.67. The SMILES string of the molecule is Cc1ccc(C2(C3=Cc4c(n(-c5ccccc5)c5ccccc45)CC3C)c3ccccc3-c3cc(C#N)ccc32)cc1. The van der Waals surface area contributed by atoms with Crippen LogP contribution in [0.4, 0.5) is 0 Å². The molecule has 200 valence electrons. The molecule has 2 heteroatoms. The normalized spacial score (nSPS) is 18.6. The van der Waals surface area contributed by atoms with Crippen molar-refractivity contribution >= 4 is 17.0 Å². The van der Waals surface area contributed by atoms with Crippen molar-refractivity contribution in [2.45, 2.75) is 25.7 Å². The number of hydrogen-bond donors (Lipinski definition) is 0. The number of hydrogen-bond acceptors (Lipinski definition) is 1. The minimum atomic E-state index is -0.458. The molecule has 42 heavy (non-hydrogen) atoms. The van der Waals surface area contributed by atoms with Crippen molar-refractivity contribution < 1.29 is 0 Å². The second-order valence-corrected chi connectivity index (χ2v) is 11.8. The Hall–Kier alpha value is -5.13. The molecule has 0 fully saturated rings. The lowest BCUT2D eigenvalue weighted by Crippen LogP contribution is -2.34. The molecule has 0 N–H and O–H groups in total. The Kier molecular flexibility index (Phi) is 5.40. The molecule has 1 heterocycles. The minimum Gasteiger partial charge on any atom is -0.313 e. The summed E-state index contributed by atoms with van der Waals surface area (Å²) < 4.78 is 2.46. The molecule has 0 saturated carbocycles. The highest BCUT2D eigenvalue weighted by Crippen LogP contribution is 2.59. The number of rotatable bonds is 3. The van der Waals surface area contributed by atoms with Crippen LogP contribution >= 0.6 is 0 Å². The zero-order valence-corrected chi connectivity index (χ0v) is 23.8. The number of benzene rings is 5. The van der Waals surface area contributed by atoms with Gasteiger partial charge in [0.25, 0.3) is 0 Å². The molecule has 2 nitrogen and oxygen atoms in total. The van der Waals surface area contributed by atoms with E-state index in [1.54, 1.807) is 0 Å². The summed E-state index contributed by atoms with van der Waals surface area (Å²) in [5.41, 5.74) is 14.2. The van der Waals surface area contributed by atoms with Crippen molar-refractivity contribution in [1.82, 2.24) is 4.57 Å². The third kappa shape index (κ3) is 3.31. The van der Waals surface area contributed by atoms with Gasteiger partial charge < -0.3 is 4.57 Å². The Morgan fingerprint density at radius 3 is 2.29 bits per heavy atom. The van der Waals surface area contributed by atoms with E-state index in [1.807, 2.05) is 6.07 Å². The lowest BCUT2D eigenvalue weighted by Gasteiger charge is -2.40. The lowest BCUT2D eigenvalue weighted by atomic mass is 9.62. The average Bonchev–Trinajstić information content (AvgIpc) is 3.51. The van der Waals surface area contributed by atoms with Crippen LogP contribution in [0, 0.1) is 24.2 Å². The first-order valence-electron chi connectivity index (χ1n) is 14.7. The fourth-order valence-electron chi connectivity index (χ4n) is 7.67. The van der Waals surface area contributed by atoms with Crippen LogP contribution in [0.1, 0.15) is 46.0 Å². The summed E-state index contributed by atoms with van der Waals surface area (Å²) >= 11 is 0. The largest absolute Gasteiger partial charge is 0.313 e. The predicted octanol–water partition coefficient (Wildman–Crippen LogP) is 9.40. The third-order valence-corrected chi connectivity index (χ3v) is 9.45. The minimum absolute atomic E-state index is 0.278. The molecule has 0 radical (unpaired) electrons. The molecule has 2 unspecified atom stereocenters. The zero-order chi connectivity index (χ0) is 28.4.